The van der Waals surface area contributed by atoms with Gasteiger partial charge in [-0.3, -0.25) is 0 Å². The standard InChI is InChI=1S/C16H17ClFNO/c17-14-5-3-6-15(18)13(14)10-19-8-11-4-1-2-7-16(20)12(11)9-19/h3,5-6,8-9,16,20H,1-2,4,7,10H2. The highest BCUT2D eigenvalue weighted by molar-refractivity contribution is 6.31. The van der Waals surface area contributed by atoms with Gasteiger partial charge in [0.2, 0.25) is 0 Å². The number of aryl methyl sites for hydroxylation is 1. The molecule has 3 rings (SSSR count). The van der Waals surface area contributed by atoms with Crippen LogP contribution in [0.4, 0.5) is 4.39 Å². The first kappa shape index (κ1) is 13.7. The molecule has 4 heteroatoms. The summed E-state index contributed by atoms with van der Waals surface area (Å²) in [4.78, 5) is 0. The highest BCUT2D eigenvalue weighted by atomic mass is 35.5. The van der Waals surface area contributed by atoms with Crippen LogP contribution in [0.15, 0.2) is 30.6 Å². The van der Waals surface area contributed by atoms with Crippen LogP contribution in [-0.4, -0.2) is 9.67 Å². The Kier molecular flexibility index (Phi) is 3.81. The zero-order valence-electron chi connectivity index (χ0n) is 11.1. The van der Waals surface area contributed by atoms with E-state index in [1.165, 1.54) is 11.6 Å². The Morgan fingerprint density at radius 1 is 1.30 bits per heavy atom. The minimum Gasteiger partial charge on any atom is -0.388 e. The summed E-state index contributed by atoms with van der Waals surface area (Å²) >= 11 is 6.06. The van der Waals surface area contributed by atoms with E-state index in [1.54, 1.807) is 12.1 Å². The van der Waals surface area contributed by atoms with Crippen LogP contribution in [0.5, 0.6) is 0 Å². The molecule has 1 aliphatic rings. The molecule has 0 fully saturated rings. The average molecular weight is 294 g/mol. The van der Waals surface area contributed by atoms with Crippen molar-refractivity contribution in [1.82, 2.24) is 4.57 Å². The summed E-state index contributed by atoms with van der Waals surface area (Å²) in [5, 5.41) is 10.6. The van der Waals surface area contributed by atoms with E-state index >= 15 is 0 Å². The van der Waals surface area contributed by atoms with Gasteiger partial charge in [-0.05, 0) is 37.0 Å². The van der Waals surface area contributed by atoms with E-state index in [0.29, 0.717) is 17.1 Å². The lowest BCUT2D eigenvalue weighted by molar-refractivity contribution is 0.166. The van der Waals surface area contributed by atoms with Gasteiger partial charge in [0.05, 0.1) is 12.6 Å². The van der Waals surface area contributed by atoms with Crippen LogP contribution >= 0.6 is 11.6 Å². The van der Waals surface area contributed by atoms with Gasteiger partial charge in [-0.25, -0.2) is 4.39 Å². The number of rotatable bonds is 2. The van der Waals surface area contributed by atoms with Gasteiger partial charge in [0.1, 0.15) is 5.82 Å². The third kappa shape index (κ3) is 2.60. The van der Waals surface area contributed by atoms with Crippen molar-refractivity contribution in [2.45, 2.75) is 38.3 Å². The van der Waals surface area contributed by atoms with Crippen LogP contribution in [0.25, 0.3) is 0 Å². The maximum Gasteiger partial charge on any atom is 0.129 e. The number of hydrogen-bond donors (Lipinski definition) is 1. The minimum atomic E-state index is -0.398. The second-order valence-corrected chi connectivity index (χ2v) is 5.78. The van der Waals surface area contributed by atoms with E-state index in [0.717, 1.165) is 31.2 Å². The van der Waals surface area contributed by atoms with E-state index in [-0.39, 0.29) is 5.82 Å². The van der Waals surface area contributed by atoms with Crippen molar-refractivity contribution in [1.29, 1.82) is 0 Å². The van der Waals surface area contributed by atoms with Crippen molar-refractivity contribution in [2.24, 2.45) is 0 Å². The number of aromatic nitrogens is 1. The largest absolute Gasteiger partial charge is 0.388 e. The predicted octanol–water partition coefficient (Wildman–Crippen LogP) is 4.09. The second kappa shape index (κ2) is 5.58. The highest BCUT2D eigenvalue weighted by Gasteiger charge is 2.19. The first-order chi connectivity index (χ1) is 9.65. The summed E-state index contributed by atoms with van der Waals surface area (Å²) in [6.45, 7) is 0.394. The van der Waals surface area contributed by atoms with Crippen LogP contribution in [0.3, 0.4) is 0 Å². The minimum absolute atomic E-state index is 0.290. The molecule has 1 aliphatic carbocycles. The maximum absolute atomic E-state index is 13.8. The number of hydrogen-bond acceptors (Lipinski definition) is 1. The SMILES string of the molecule is OC1CCCCc2cn(Cc3c(F)cccc3Cl)cc21. The van der Waals surface area contributed by atoms with E-state index in [2.05, 4.69) is 0 Å². The third-order valence-electron chi connectivity index (χ3n) is 3.93. The zero-order valence-corrected chi connectivity index (χ0v) is 11.9. The Labute approximate surface area is 122 Å². The fourth-order valence-corrected chi connectivity index (χ4v) is 3.07. The van der Waals surface area contributed by atoms with Crippen molar-refractivity contribution in [3.63, 3.8) is 0 Å². The summed E-state index contributed by atoms with van der Waals surface area (Å²) in [6, 6.07) is 4.73. The fourth-order valence-electron chi connectivity index (χ4n) is 2.85. The van der Waals surface area contributed by atoms with Crippen molar-refractivity contribution < 1.29 is 9.50 Å². The highest BCUT2D eigenvalue weighted by Crippen LogP contribution is 2.30. The Hall–Kier alpha value is -1.32. The van der Waals surface area contributed by atoms with Gasteiger partial charge in [0.15, 0.2) is 0 Å². The lowest BCUT2D eigenvalue weighted by Gasteiger charge is -2.08. The molecular formula is C16H17ClFNO. The van der Waals surface area contributed by atoms with Crippen LogP contribution in [-0.2, 0) is 13.0 Å². The average Bonchev–Trinajstić information content (AvgIpc) is 2.74. The summed E-state index contributed by atoms with van der Waals surface area (Å²) in [7, 11) is 0. The molecule has 0 saturated heterocycles. The molecule has 0 spiro atoms. The Balaban J connectivity index is 1.91. The van der Waals surface area contributed by atoms with Gasteiger partial charge in [-0.15, -0.1) is 0 Å². The van der Waals surface area contributed by atoms with Gasteiger partial charge in [0.25, 0.3) is 0 Å². The fraction of sp³-hybridized carbons (Fsp3) is 0.375. The second-order valence-electron chi connectivity index (χ2n) is 5.37. The van der Waals surface area contributed by atoms with Crippen LogP contribution in [0.2, 0.25) is 5.02 Å². The molecule has 1 heterocycles. The smallest absolute Gasteiger partial charge is 0.129 e. The Morgan fingerprint density at radius 3 is 2.95 bits per heavy atom. The van der Waals surface area contributed by atoms with Crippen molar-refractivity contribution in [2.75, 3.05) is 0 Å². The van der Waals surface area contributed by atoms with Crippen molar-refractivity contribution >= 4 is 11.6 Å². The molecule has 0 bridgehead atoms. The van der Waals surface area contributed by atoms with Gasteiger partial charge in [0, 0.05) is 28.5 Å². The summed E-state index contributed by atoms with van der Waals surface area (Å²) in [5.41, 5.74) is 2.64. The maximum atomic E-state index is 13.8. The number of nitrogens with zero attached hydrogens (tertiary/aromatic N) is 1. The molecule has 0 saturated carbocycles. The van der Waals surface area contributed by atoms with E-state index < -0.39 is 6.10 Å². The number of halogens is 2. The first-order valence-corrected chi connectivity index (χ1v) is 7.32. The molecule has 2 aromatic rings. The molecule has 1 atom stereocenters. The van der Waals surface area contributed by atoms with Crippen LogP contribution < -0.4 is 0 Å². The molecule has 106 valence electrons. The molecule has 1 aromatic heterocycles. The number of aliphatic hydroxyl groups excluding tert-OH is 1. The summed E-state index contributed by atoms with van der Waals surface area (Å²) in [5.74, 6) is -0.290. The summed E-state index contributed by atoms with van der Waals surface area (Å²) in [6.07, 6.45) is 7.45. The number of benzene rings is 1. The topological polar surface area (TPSA) is 25.2 Å². The molecule has 0 aliphatic heterocycles. The van der Waals surface area contributed by atoms with Gasteiger partial charge in [-0.1, -0.05) is 24.1 Å². The Bertz CT molecular complexity index is 603. The van der Waals surface area contributed by atoms with Crippen molar-refractivity contribution in [3.8, 4) is 0 Å². The molecular weight excluding hydrogens is 277 g/mol. The molecule has 1 unspecified atom stereocenters. The van der Waals surface area contributed by atoms with Crippen LogP contribution in [0.1, 0.15) is 42.1 Å². The molecule has 2 nitrogen and oxygen atoms in total. The molecule has 0 amide bonds. The quantitative estimate of drug-likeness (QED) is 0.829. The van der Waals surface area contributed by atoms with Gasteiger partial charge >= 0.3 is 0 Å². The molecule has 1 aromatic carbocycles. The van der Waals surface area contributed by atoms with E-state index in [1.807, 2.05) is 17.0 Å². The van der Waals surface area contributed by atoms with Gasteiger partial charge in [-0.2, -0.15) is 0 Å². The van der Waals surface area contributed by atoms with E-state index in [4.69, 9.17) is 11.6 Å². The number of fused-ring (bicyclic) bond motifs is 1. The summed E-state index contributed by atoms with van der Waals surface area (Å²) < 4.78 is 15.7. The van der Waals surface area contributed by atoms with Gasteiger partial charge < -0.3 is 9.67 Å². The monoisotopic (exact) mass is 293 g/mol. The van der Waals surface area contributed by atoms with E-state index in [9.17, 15) is 9.50 Å². The number of aliphatic hydroxyl groups is 1. The molecule has 20 heavy (non-hydrogen) atoms. The third-order valence-corrected chi connectivity index (χ3v) is 4.29. The normalized spacial score (nSPS) is 18.6. The zero-order chi connectivity index (χ0) is 14.1. The first-order valence-electron chi connectivity index (χ1n) is 6.94. The predicted molar refractivity (Wildman–Crippen MR) is 77.5 cm³/mol. The molecule has 0 radical (unpaired) electrons. The van der Waals surface area contributed by atoms with Crippen LogP contribution in [0, 0.1) is 5.82 Å². The lowest BCUT2D eigenvalue weighted by Crippen LogP contribution is -2.01. The van der Waals surface area contributed by atoms with Crippen molar-refractivity contribution in [3.05, 3.63) is 58.1 Å². The molecule has 1 N–H and O–H groups in total. The lowest BCUT2D eigenvalue weighted by atomic mass is 10.1. The Morgan fingerprint density at radius 2 is 2.15 bits per heavy atom.